The quantitative estimate of drug-likeness (QED) is 0.494. The third-order valence-electron chi connectivity index (χ3n) is 2.46. The van der Waals surface area contributed by atoms with Crippen LogP contribution in [-0.2, 0) is 5.33 Å². The van der Waals surface area contributed by atoms with E-state index in [1.807, 2.05) is 0 Å². The van der Waals surface area contributed by atoms with Gasteiger partial charge in [0.05, 0.1) is 30.1 Å². The fourth-order valence-electron chi connectivity index (χ4n) is 1.55. The van der Waals surface area contributed by atoms with Gasteiger partial charge < -0.3 is 4.74 Å². The molecular formula is C11H10BrN3O3. The van der Waals surface area contributed by atoms with Gasteiger partial charge in [-0.05, 0) is 12.1 Å². The van der Waals surface area contributed by atoms with Gasteiger partial charge in [0, 0.05) is 17.0 Å². The third-order valence-corrected chi connectivity index (χ3v) is 3.07. The molecule has 18 heavy (non-hydrogen) atoms. The molecule has 94 valence electrons. The van der Waals surface area contributed by atoms with Crippen molar-refractivity contribution in [3.63, 3.8) is 0 Å². The molecule has 2 rings (SSSR count). The van der Waals surface area contributed by atoms with Crippen LogP contribution in [0, 0.1) is 10.1 Å². The number of alkyl halides is 1. The highest BCUT2D eigenvalue weighted by Crippen LogP contribution is 2.24. The van der Waals surface area contributed by atoms with Crippen LogP contribution < -0.4 is 4.74 Å². The fourth-order valence-corrected chi connectivity index (χ4v) is 2.00. The maximum atomic E-state index is 10.8. The average molecular weight is 312 g/mol. The van der Waals surface area contributed by atoms with Gasteiger partial charge in [0.15, 0.2) is 5.75 Å². The van der Waals surface area contributed by atoms with E-state index in [4.69, 9.17) is 4.74 Å². The lowest BCUT2D eigenvalue weighted by Crippen LogP contribution is -1.98. The molecule has 1 aromatic heterocycles. The fraction of sp³-hybridized carbons (Fsp3) is 0.182. The zero-order valence-electron chi connectivity index (χ0n) is 9.54. The Morgan fingerprint density at radius 2 is 2.33 bits per heavy atom. The molecule has 0 atom stereocenters. The van der Waals surface area contributed by atoms with E-state index < -0.39 is 4.92 Å². The normalized spacial score (nSPS) is 10.3. The SMILES string of the molecule is COc1cnn(-c2ccc([N+](=O)[O-])c(CBr)c2)c1. The molecule has 0 unspecified atom stereocenters. The number of halogens is 1. The molecule has 0 aliphatic rings. The van der Waals surface area contributed by atoms with Crippen molar-refractivity contribution in [3.8, 4) is 11.4 Å². The van der Waals surface area contributed by atoms with E-state index in [2.05, 4.69) is 21.0 Å². The maximum absolute atomic E-state index is 10.8. The molecule has 2 aromatic rings. The second-order valence-electron chi connectivity index (χ2n) is 3.53. The molecule has 0 aliphatic heterocycles. The minimum absolute atomic E-state index is 0.0924. The van der Waals surface area contributed by atoms with Crippen LogP contribution in [0.15, 0.2) is 30.6 Å². The Morgan fingerprint density at radius 3 is 2.89 bits per heavy atom. The monoisotopic (exact) mass is 311 g/mol. The standard InChI is InChI=1S/C11H10BrN3O3/c1-18-10-6-13-14(7-10)9-2-3-11(15(16)17)8(4-9)5-12/h2-4,6-7H,5H2,1H3. The number of hydrogen-bond acceptors (Lipinski definition) is 4. The van der Waals surface area contributed by atoms with Gasteiger partial charge in [-0.1, -0.05) is 15.9 Å². The summed E-state index contributed by atoms with van der Waals surface area (Å²) in [5, 5.41) is 15.3. The zero-order chi connectivity index (χ0) is 13.1. The Bertz CT molecular complexity index is 583. The van der Waals surface area contributed by atoms with Crippen LogP contribution in [0.1, 0.15) is 5.56 Å². The highest BCUT2D eigenvalue weighted by atomic mass is 79.9. The first-order chi connectivity index (χ1) is 8.65. The molecule has 0 aliphatic carbocycles. The summed E-state index contributed by atoms with van der Waals surface area (Å²) in [4.78, 5) is 10.4. The van der Waals surface area contributed by atoms with Crippen LogP contribution in [0.3, 0.4) is 0 Å². The predicted octanol–water partition coefficient (Wildman–Crippen LogP) is 2.68. The Morgan fingerprint density at radius 1 is 1.56 bits per heavy atom. The van der Waals surface area contributed by atoms with Crippen molar-refractivity contribution < 1.29 is 9.66 Å². The number of hydrogen-bond donors (Lipinski definition) is 0. The number of nitro benzene ring substituents is 1. The van der Waals surface area contributed by atoms with Gasteiger partial charge in [0.1, 0.15) is 0 Å². The number of aromatic nitrogens is 2. The lowest BCUT2D eigenvalue weighted by atomic mass is 10.2. The first-order valence-corrected chi connectivity index (χ1v) is 6.20. The van der Waals surface area contributed by atoms with Gasteiger partial charge >= 0.3 is 0 Å². The van der Waals surface area contributed by atoms with Crippen LogP contribution in [0.2, 0.25) is 0 Å². The molecule has 7 heteroatoms. The Hall–Kier alpha value is -1.89. The summed E-state index contributed by atoms with van der Waals surface area (Å²) < 4.78 is 6.64. The zero-order valence-corrected chi connectivity index (χ0v) is 11.1. The van der Waals surface area contributed by atoms with Gasteiger partial charge in [-0.3, -0.25) is 10.1 Å². The molecule has 0 fully saturated rings. The Kier molecular flexibility index (Phi) is 3.61. The van der Waals surface area contributed by atoms with Gasteiger partial charge in [-0.2, -0.15) is 5.10 Å². The second-order valence-corrected chi connectivity index (χ2v) is 4.09. The lowest BCUT2D eigenvalue weighted by Gasteiger charge is -2.04. The first-order valence-electron chi connectivity index (χ1n) is 5.08. The van der Waals surface area contributed by atoms with E-state index in [1.54, 1.807) is 36.3 Å². The Labute approximate surface area is 111 Å². The number of methoxy groups -OCH3 is 1. The van der Waals surface area contributed by atoms with Crippen molar-refractivity contribution in [1.29, 1.82) is 0 Å². The van der Waals surface area contributed by atoms with Crippen molar-refractivity contribution in [2.75, 3.05) is 7.11 Å². The number of rotatable bonds is 4. The smallest absolute Gasteiger partial charge is 0.273 e. The molecule has 0 saturated heterocycles. The van der Waals surface area contributed by atoms with Gasteiger partial charge in [0.2, 0.25) is 0 Å². The van der Waals surface area contributed by atoms with E-state index in [0.29, 0.717) is 16.6 Å². The summed E-state index contributed by atoms with van der Waals surface area (Å²) >= 11 is 3.24. The molecule has 1 heterocycles. The summed E-state index contributed by atoms with van der Waals surface area (Å²) in [6.45, 7) is 0. The van der Waals surface area contributed by atoms with Crippen LogP contribution in [0.5, 0.6) is 5.75 Å². The minimum atomic E-state index is -0.399. The van der Waals surface area contributed by atoms with Crippen LogP contribution >= 0.6 is 15.9 Å². The molecule has 0 amide bonds. The molecule has 0 saturated carbocycles. The highest BCUT2D eigenvalue weighted by Gasteiger charge is 2.14. The van der Waals surface area contributed by atoms with Gasteiger partial charge in [0.25, 0.3) is 5.69 Å². The summed E-state index contributed by atoms with van der Waals surface area (Å²) in [5.74, 6) is 0.633. The van der Waals surface area contributed by atoms with Crippen molar-refractivity contribution in [2.45, 2.75) is 5.33 Å². The van der Waals surface area contributed by atoms with Crippen molar-refractivity contribution in [1.82, 2.24) is 9.78 Å². The molecular weight excluding hydrogens is 302 g/mol. The minimum Gasteiger partial charge on any atom is -0.493 e. The number of benzene rings is 1. The molecule has 0 radical (unpaired) electrons. The van der Waals surface area contributed by atoms with Crippen molar-refractivity contribution in [3.05, 3.63) is 46.3 Å². The predicted molar refractivity (Wildman–Crippen MR) is 69.4 cm³/mol. The van der Waals surface area contributed by atoms with Crippen LogP contribution in [-0.4, -0.2) is 21.8 Å². The topological polar surface area (TPSA) is 70.2 Å². The molecule has 0 bridgehead atoms. The van der Waals surface area contributed by atoms with Gasteiger partial charge in [-0.25, -0.2) is 4.68 Å². The van der Waals surface area contributed by atoms with E-state index >= 15 is 0 Å². The van der Waals surface area contributed by atoms with E-state index in [-0.39, 0.29) is 5.69 Å². The lowest BCUT2D eigenvalue weighted by molar-refractivity contribution is -0.385. The summed E-state index contributed by atoms with van der Waals surface area (Å²) in [5.41, 5.74) is 1.44. The molecule has 0 spiro atoms. The van der Waals surface area contributed by atoms with Gasteiger partial charge in [-0.15, -0.1) is 0 Å². The van der Waals surface area contributed by atoms with Crippen LogP contribution in [0.4, 0.5) is 5.69 Å². The average Bonchev–Trinajstić information content (AvgIpc) is 2.86. The summed E-state index contributed by atoms with van der Waals surface area (Å²) in [6.07, 6.45) is 3.29. The maximum Gasteiger partial charge on any atom is 0.273 e. The summed E-state index contributed by atoms with van der Waals surface area (Å²) in [7, 11) is 1.56. The summed E-state index contributed by atoms with van der Waals surface area (Å²) in [6, 6.07) is 4.84. The Balaban J connectivity index is 2.43. The van der Waals surface area contributed by atoms with E-state index in [1.165, 1.54) is 6.07 Å². The first kappa shape index (κ1) is 12.6. The van der Waals surface area contributed by atoms with Crippen molar-refractivity contribution >= 4 is 21.6 Å². The van der Waals surface area contributed by atoms with E-state index in [0.717, 1.165) is 5.69 Å². The molecule has 1 aromatic carbocycles. The number of nitro groups is 1. The molecule has 0 N–H and O–H groups in total. The number of nitrogens with zero attached hydrogens (tertiary/aromatic N) is 3. The third kappa shape index (κ3) is 2.35. The highest BCUT2D eigenvalue weighted by molar-refractivity contribution is 9.08. The second kappa shape index (κ2) is 5.18. The van der Waals surface area contributed by atoms with E-state index in [9.17, 15) is 10.1 Å². The molecule has 6 nitrogen and oxygen atoms in total. The number of ether oxygens (including phenoxy) is 1. The van der Waals surface area contributed by atoms with Crippen LogP contribution in [0.25, 0.3) is 5.69 Å². The largest absolute Gasteiger partial charge is 0.493 e. The van der Waals surface area contributed by atoms with Crippen molar-refractivity contribution in [2.24, 2.45) is 0 Å².